The maximum atomic E-state index is 10.6. The molecule has 0 aromatic carbocycles. The summed E-state index contributed by atoms with van der Waals surface area (Å²) >= 11 is 2.76. The maximum absolute atomic E-state index is 10.6. The van der Waals surface area contributed by atoms with E-state index in [1.54, 1.807) is 13.3 Å². The third-order valence-electron chi connectivity index (χ3n) is 4.57. The van der Waals surface area contributed by atoms with Gasteiger partial charge in [0.2, 0.25) is 0 Å². The van der Waals surface area contributed by atoms with Crippen LogP contribution in [0, 0.1) is 5.92 Å². The standard InChI is InChI=1S/C17H21AsN2O2/c1-22-16-7-6-14-17(20-16)12(8-9-19-14)10-15(21)11-2-4-13(18)5-3-11/h6-9,11,13,15,21H,2-5,10H2,1H3/t11?,13?,15-/m1/s1. The van der Waals surface area contributed by atoms with E-state index in [0.29, 0.717) is 18.2 Å². The molecule has 3 rings (SSSR count). The Morgan fingerprint density at radius 3 is 2.77 bits per heavy atom. The summed E-state index contributed by atoms with van der Waals surface area (Å²) < 4.78 is 5.95. The molecule has 0 bridgehead atoms. The fourth-order valence-electron chi connectivity index (χ4n) is 3.22. The summed E-state index contributed by atoms with van der Waals surface area (Å²) in [5.74, 6) is 0.981. The van der Waals surface area contributed by atoms with Crippen LogP contribution in [-0.2, 0) is 6.42 Å². The van der Waals surface area contributed by atoms with Crippen molar-refractivity contribution in [2.75, 3.05) is 7.11 Å². The van der Waals surface area contributed by atoms with Crippen molar-refractivity contribution in [3.8, 4) is 5.88 Å². The first kappa shape index (κ1) is 15.8. The van der Waals surface area contributed by atoms with Gasteiger partial charge in [0.1, 0.15) is 0 Å². The Kier molecular flexibility index (Phi) is 4.99. The fourth-order valence-corrected chi connectivity index (χ4v) is 3.84. The predicted molar refractivity (Wildman–Crippen MR) is 87.3 cm³/mol. The molecule has 0 aliphatic heterocycles. The monoisotopic (exact) mass is 360 g/mol. The van der Waals surface area contributed by atoms with Gasteiger partial charge in [0.05, 0.1) is 0 Å². The van der Waals surface area contributed by atoms with Crippen LogP contribution < -0.4 is 4.74 Å². The molecule has 5 heteroatoms. The van der Waals surface area contributed by atoms with E-state index >= 15 is 0 Å². The van der Waals surface area contributed by atoms with Crippen molar-refractivity contribution in [1.29, 1.82) is 0 Å². The van der Waals surface area contributed by atoms with Gasteiger partial charge in [-0.2, -0.15) is 0 Å². The van der Waals surface area contributed by atoms with Gasteiger partial charge in [-0.1, -0.05) is 0 Å². The van der Waals surface area contributed by atoms with E-state index in [1.807, 2.05) is 18.2 Å². The van der Waals surface area contributed by atoms with Crippen molar-refractivity contribution in [1.82, 2.24) is 9.97 Å². The van der Waals surface area contributed by atoms with E-state index in [-0.39, 0.29) is 6.10 Å². The minimum absolute atomic E-state index is 0.307. The van der Waals surface area contributed by atoms with Crippen LogP contribution in [0.3, 0.4) is 0 Å². The molecule has 1 fully saturated rings. The molecule has 1 aliphatic rings. The van der Waals surface area contributed by atoms with Crippen molar-refractivity contribution in [3.63, 3.8) is 0 Å². The van der Waals surface area contributed by atoms with Crippen LogP contribution in [0.25, 0.3) is 11.0 Å². The third-order valence-corrected chi connectivity index (χ3v) is 5.65. The summed E-state index contributed by atoms with van der Waals surface area (Å²) in [7, 11) is 1.61. The Bertz CT molecular complexity index is 642. The average Bonchev–Trinajstić information content (AvgIpc) is 2.55. The topological polar surface area (TPSA) is 55.2 Å². The first-order valence-electron chi connectivity index (χ1n) is 7.82. The molecule has 22 heavy (non-hydrogen) atoms. The van der Waals surface area contributed by atoms with E-state index in [4.69, 9.17) is 4.74 Å². The van der Waals surface area contributed by atoms with Gasteiger partial charge in [-0.15, -0.1) is 0 Å². The van der Waals surface area contributed by atoms with Crippen LogP contribution in [-0.4, -0.2) is 45.1 Å². The summed E-state index contributed by atoms with van der Waals surface area (Å²) in [5, 5.41) is 10.6. The summed E-state index contributed by atoms with van der Waals surface area (Å²) in [5.41, 5.74) is 2.73. The zero-order chi connectivity index (χ0) is 15.5. The zero-order valence-corrected chi connectivity index (χ0v) is 14.7. The molecule has 1 aliphatic carbocycles. The van der Waals surface area contributed by atoms with E-state index in [0.717, 1.165) is 34.1 Å². The van der Waals surface area contributed by atoms with Crippen LogP contribution in [0.4, 0.5) is 0 Å². The van der Waals surface area contributed by atoms with E-state index < -0.39 is 0 Å². The molecule has 1 N–H and O–H groups in total. The Morgan fingerprint density at radius 2 is 2.05 bits per heavy atom. The van der Waals surface area contributed by atoms with E-state index in [9.17, 15) is 5.11 Å². The van der Waals surface area contributed by atoms with Crippen LogP contribution in [0.1, 0.15) is 31.2 Å². The molecule has 0 unspecified atom stereocenters. The van der Waals surface area contributed by atoms with Gasteiger partial charge in [-0.25, -0.2) is 0 Å². The third kappa shape index (κ3) is 3.44. The van der Waals surface area contributed by atoms with Crippen molar-refractivity contribution >= 4 is 27.9 Å². The van der Waals surface area contributed by atoms with Gasteiger partial charge >= 0.3 is 139 Å². The zero-order valence-electron chi connectivity index (χ0n) is 12.8. The van der Waals surface area contributed by atoms with E-state index in [2.05, 4.69) is 26.8 Å². The summed E-state index contributed by atoms with van der Waals surface area (Å²) in [6.45, 7) is 0. The number of hydrogen-bond acceptors (Lipinski definition) is 4. The predicted octanol–water partition coefficient (Wildman–Crippen LogP) is 2.69. The molecule has 0 amide bonds. The van der Waals surface area contributed by atoms with Crippen molar-refractivity contribution in [2.45, 2.75) is 42.9 Å². The van der Waals surface area contributed by atoms with Crippen LogP contribution in [0.5, 0.6) is 5.88 Å². The Balaban J connectivity index is 1.80. The Hall–Kier alpha value is -1.12. The normalized spacial score (nSPS) is 23.4. The number of rotatable bonds is 4. The minimum atomic E-state index is -0.307. The van der Waals surface area contributed by atoms with Crippen LogP contribution in [0.2, 0.25) is 4.71 Å². The fraction of sp³-hybridized carbons (Fsp3) is 0.529. The van der Waals surface area contributed by atoms with Gasteiger partial charge in [-0.3, -0.25) is 0 Å². The summed E-state index contributed by atoms with van der Waals surface area (Å²) in [6.07, 6.45) is 6.74. The number of aromatic nitrogens is 2. The van der Waals surface area contributed by atoms with Gasteiger partial charge < -0.3 is 0 Å². The molecule has 116 valence electrons. The van der Waals surface area contributed by atoms with Crippen LogP contribution >= 0.6 is 0 Å². The number of pyridine rings is 2. The Labute approximate surface area is 139 Å². The second-order valence-electron chi connectivity index (χ2n) is 6.03. The number of fused-ring (bicyclic) bond motifs is 1. The molecular formula is C17H21AsN2O2. The molecule has 1 saturated carbocycles. The molecule has 2 radical (unpaired) electrons. The quantitative estimate of drug-likeness (QED) is 0.852. The number of nitrogens with zero attached hydrogens (tertiary/aromatic N) is 2. The van der Waals surface area contributed by atoms with Gasteiger partial charge in [-0.05, 0) is 0 Å². The average molecular weight is 360 g/mol. The molecule has 1 atom stereocenters. The SMILES string of the molecule is COc1ccc2nccc(C[C@@H](O)C3CCC([As])CC3)c2n1. The number of aliphatic hydroxyl groups excluding tert-OH is 1. The van der Waals surface area contributed by atoms with Crippen molar-refractivity contribution in [3.05, 3.63) is 30.0 Å². The molecule has 0 saturated heterocycles. The summed E-state index contributed by atoms with van der Waals surface area (Å²) in [6, 6.07) is 5.69. The molecule has 2 heterocycles. The number of hydrogen-bond donors (Lipinski definition) is 1. The summed E-state index contributed by atoms with van der Waals surface area (Å²) in [4.78, 5) is 8.85. The number of ether oxygens (including phenoxy) is 1. The van der Waals surface area contributed by atoms with Gasteiger partial charge in [0.25, 0.3) is 0 Å². The van der Waals surface area contributed by atoms with E-state index in [1.165, 1.54) is 12.8 Å². The Morgan fingerprint density at radius 1 is 1.27 bits per heavy atom. The molecule has 4 nitrogen and oxygen atoms in total. The molecule has 2 aromatic heterocycles. The molecule has 2 aromatic rings. The number of methoxy groups -OCH3 is 1. The first-order chi connectivity index (χ1) is 10.7. The van der Waals surface area contributed by atoms with Crippen molar-refractivity contribution in [2.24, 2.45) is 5.92 Å². The van der Waals surface area contributed by atoms with Gasteiger partial charge in [0.15, 0.2) is 0 Å². The van der Waals surface area contributed by atoms with Crippen LogP contribution in [0.15, 0.2) is 24.4 Å². The van der Waals surface area contributed by atoms with Crippen molar-refractivity contribution < 1.29 is 9.84 Å². The van der Waals surface area contributed by atoms with Gasteiger partial charge in [0, 0.05) is 0 Å². The molecule has 0 spiro atoms. The second-order valence-corrected chi connectivity index (χ2v) is 7.56. The molecular weight excluding hydrogens is 339 g/mol. The second kappa shape index (κ2) is 6.97. The number of aliphatic hydroxyl groups is 1. The first-order valence-corrected chi connectivity index (χ1v) is 8.90.